The van der Waals surface area contributed by atoms with Gasteiger partial charge in [0.05, 0.1) is 23.5 Å². The second kappa shape index (κ2) is 8.22. The van der Waals surface area contributed by atoms with Crippen LogP contribution in [-0.2, 0) is 21.0 Å². The topological polar surface area (TPSA) is 66.5 Å². The summed E-state index contributed by atoms with van der Waals surface area (Å²) in [5.74, 6) is -0.626. The number of carbonyl (C=O) groups excluding carboxylic acids is 1. The van der Waals surface area contributed by atoms with Gasteiger partial charge in [-0.25, -0.2) is 8.42 Å². The molecular formula is C19H21F3N2O3S. The van der Waals surface area contributed by atoms with Crippen LogP contribution in [0.25, 0.3) is 0 Å². The lowest BCUT2D eigenvalue weighted by molar-refractivity contribution is -0.137. The average molecular weight is 414 g/mol. The van der Waals surface area contributed by atoms with Gasteiger partial charge >= 0.3 is 6.18 Å². The number of halogens is 3. The fourth-order valence-electron chi connectivity index (χ4n) is 2.79. The van der Waals surface area contributed by atoms with Crippen LogP contribution in [0.15, 0.2) is 54.6 Å². The number of nitrogens with zero attached hydrogens (tertiary/aromatic N) is 1. The lowest BCUT2D eigenvalue weighted by Gasteiger charge is -2.29. The van der Waals surface area contributed by atoms with E-state index in [1.807, 2.05) is 6.07 Å². The van der Waals surface area contributed by atoms with Crippen LogP contribution >= 0.6 is 0 Å². The standard InChI is InChI=1S/C19H21F3N2O3S/c1-13(15-8-5-4-6-9-15)23-18(25)14(2)24(28(3,26)27)17-11-7-10-16(12-17)19(20,21)22/h4-14H,1-3H3,(H,23,25)/t13-,14?/m1/s1. The van der Waals surface area contributed by atoms with E-state index in [-0.39, 0.29) is 5.69 Å². The molecule has 9 heteroatoms. The number of alkyl halides is 3. The fraction of sp³-hybridized carbons (Fsp3) is 0.316. The third-order valence-electron chi connectivity index (χ3n) is 4.17. The highest BCUT2D eigenvalue weighted by molar-refractivity contribution is 7.92. The molecule has 0 saturated heterocycles. The minimum absolute atomic E-state index is 0.229. The first-order valence-electron chi connectivity index (χ1n) is 8.43. The minimum Gasteiger partial charge on any atom is -0.348 e. The second-order valence-electron chi connectivity index (χ2n) is 6.42. The Kier molecular flexibility index (Phi) is 6.38. The fourth-order valence-corrected chi connectivity index (χ4v) is 3.95. The molecule has 28 heavy (non-hydrogen) atoms. The van der Waals surface area contributed by atoms with Crippen molar-refractivity contribution in [2.45, 2.75) is 32.1 Å². The lowest BCUT2D eigenvalue weighted by Crippen LogP contribution is -2.48. The van der Waals surface area contributed by atoms with Gasteiger partial charge in [0.2, 0.25) is 15.9 Å². The van der Waals surface area contributed by atoms with Crippen molar-refractivity contribution in [3.8, 4) is 0 Å². The summed E-state index contributed by atoms with van der Waals surface area (Å²) in [6.45, 7) is 3.06. The number of amides is 1. The minimum atomic E-state index is -4.63. The van der Waals surface area contributed by atoms with Gasteiger partial charge in [0.15, 0.2) is 0 Å². The smallest absolute Gasteiger partial charge is 0.348 e. The van der Waals surface area contributed by atoms with E-state index in [0.29, 0.717) is 10.4 Å². The van der Waals surface area contributed by atoms with Gasteiger partial charge in [0.1, 0.15) is 6.04 Å². The van der Waals surface area contributed by atoms with E-state index in [2.05, 4.69) is 5.32 Å². The van der Waals surface area contributed by atoms with E-state index in [1.165, 1.54) is 13.0 Å². The molecule has 0 fully saturated rings. The van der Waals surface area contributed by atoms with Crippen LogP contribution in [0.4, 0.5) is 18.9 Å². The van der Waals surface area contributed by atoms with E-state index >= 15 is 0 Å². The Bertz CT molecular complexity index is 931. The number of carbonyl (C=O) groups is 1. The molecule has 2 atom stereocenters. The zero-order valence-electron chi connectivity index (χ0n) is 15.6. The maximum absolute atomic E-state index is 13.0. The van der Waals surface area contributed by atoms with Gasteiger partial charge in [-0.1, -0.05) is 36.4 Å². The second-order valence-corrected chi connectivity index (χ2v) is 8.28. The van der Waals surface area contributed by atoms with Crippen molar-refractivity contribution in [3.05, 3.63) is 65.7 Å². The molecule has 0 spiro atoms. The summed E-state index contributed by atoms with van der Waals surface area (Å²) in [5, 5.41) is 2.70. The molecule has 1 amide bonds. The van der Waals surface area contributed by atoms with Crippen LogP contribution in [-0.4, -0.2) is 26.6 Å². The van der Waals surface area contributed by atoms with Crippen molar-refractivity contribution in [3.63, 3.8) is 0 Å². The molecule has 0 radical (unpaired) electrons. The van der Waals surface area contributed by atoms with Crippen LogP contribution in [0, 0.1) is 0 Å². The number of nitrogens with one attached hydrogen (secondary N) is 1. The molecule has 5 nitrogen and oxygen atoms in total. The zero-order valence-corrected chi connectivity index (χ0v) is 16.4. The highest BCUT2D eigenvalue weighted by Gasteiger charge is 2.34. The molecule has 0 aliphatic heterocycles. The number of rotatable bonds is 6. The van der Waals surface area contributed by atoms with E-state index in [4.69, 9.17) is 0 Å². The first kappa shape index (κ1) is 21.7. The average Bonchev–Trinajstić information content (AvgIpc) is 2.60. The lowest BCUT2D eigenvalue weighted by atomic mass is 10.1. The van der Waals surface area contributed by atoms with Gasteiger partial charge in [0, 0.05) is 0 Å². The van der Waals surface area contributed by atoms with Crippen LogP contribution in [0.1, 0.15) is 31.0 Å². The summed E-state index contributed by atoms with van der Waals surface area (Å²) >= 11 is 0. The monoisotopic (exact) mass is 414 g/mol. The first-order chi connectivity index (χ1) is 12.9. The molecule has 0 heterocycles. The Balaban J connectivity index is 2.32. The van der Waals surface area contributed by atoms with E-state index < -0.39 is 39.8 Å². The summed E-state index contributed by atoms with van der Waals surface area (Å²) in [5.41, 5.74) is -0.413. The normalized spacial score (nSPS) is 14.2. The largest absolute Gasteiger partial charge is 0.416 e. The Labute approximate surface area is 162 Å². The molecule has 152 valence electrons. The SMILES string of the molecule is CC(C(=O)N[C@H](C)c1ccccc1)N(c1cccc(C(F)(F)F)c1)S(C)(=O)=O. The molecule has 2 rings (SSSR count). The molecule has 0 bridgehead atoms. The highest BCUT2D eigenvalue weighted by atomic mass is 32.2. The van der Waals surface area contributed by atoms with E-state index in [1.54, 1.807) is 31.2 Å². The van der Waals surface area contributed by atoms with Crippen molar-refractivity contribution in [2.75, 3.05) is 10.6 Å². The van der Waals surface area contributed by atoms with Gasteiger partial charge in [-0.05, 0) is 37.6 Å². The molecular weight excluding hydrogens is 393 g/mol. The van der Waals surface area contributed by atoms with Gasteiger partial charge < -0.3 is 5.32 Å². The molecule has 2 aromatic carbocycles. The number of sulfonamides is 1. The number of hydrogen-bond donors (Lipinski definition) is 1. The molecule has 0 saturated carbocycles. The summed E-state index contributed by atoms with van der Waals surface area (Å²) < 4.78 is 64.2. The van der Waals surface area contributed by atoms with Crippen molar-refractivity contribution >= 4 is 21.6 Å². The maximum Gasteiger partial charge on any atom is 0.416 e. The molecule has 2 aromatic rings. The predicted octanol–water partition coefficient (Wildman–Crippen LogP) is 3.74. The number of hydrogen-bond acceptors (Lipinski definition) is 3. The van der Waals surface area contributed by atoms with Gasteiger partial charge in [-0.2, -0.15) is 13.2 Å². The summed E-state index contributed by atoms with van der Waals surface area (Å²) in [4.78, 5) is 12.6. The quantitative estimate of drug-likeness (QED) is 0.783. The summed E-state index contributed by atoms with van der Waals surface area (Å²) in [6, 6.07) is 11.3. The summed E-state index contributed by atoms with van der Waals surface area (Å²) in [7, 11) is -4.02. The Morgan fingerprint density at radius 3 is 2.18 bits per heavy atom. The third-order valence-corrected chi connectivity index (χ3v) is 5.42. The van der Waals surface area contributed by atoms with E-state index in [0.717, 1.165) is 24.0 Å². The van der Waals surface area contributed by atoms with Gasteiger partial charge in [0.25, 0.3) is 0 Å². The van der Waals surface area contributed by atoms with Crippen LogP contribution in [0.3, 0.4) is 0 Å². The van der Waals surface area contributed by atoms with Crippen molar-refractivity contribution in [1.29, 1.82) is 0 Å². The van der Waals surface area contributed by atoms with E-state index in [9.17, 15) is 26.4 Å². The molecule has 0 aromatic heterocycles. The maximum atomic E-state index is 13.0. The van der Waals surface area contributed by atoms with Crippen molar-refractivity contribution in [2.24, 2.45) is 0 Å². The molecule has 0 aliphatic rings. The van der Waals surface area contributed by atoms with Crippen molar-refractivity contribution < 1.29 is 26.4 Å². The first-order valence-corrected chi connectivity index (χ1v) is 10.3. The van der Waals surface area contributed by atoms with Crippen molar-refractivity contribution in [1.82, 2.24) is 5.32 Å². The molecule has 0 aliphatic carbocycles. The van der Waals surface area contributed by atoms with Gasteiger partial charge in [-0.3, -0.25) is 9.10 Å². The highest BCUT2D eigenvalue weighted by Crippen LogP contribution is 2.32. The molecule has 1 N–H and O–H groups in total. The van der Waals surface area contributed by atoms with Crippen LogP contribution in [0.5, 0.6) is 0 Å². The number of benzene rings is 2. The van der Waals surface area contributed by atoms with Gasteiger partial charge in [-0.15, -0.1) is 0 Å². The third kappa shape index (κ3) is 5.25. The predicted molar refractivity (Wildman–Crippen MR) is 101 cm³/mol. The van der Waals surface area contributed by atoms with Crippen LogP contribution < -0.4 is 9.62 Å². The zero-order chi connectivity index (χ0) is 21.1. The Morgan fingerprint density at radius 2 is 1.64 bits per heavy atom. The number of anilines is 1. The Morgan fingerprint density at radius 1 is 1.04 bits per heavy atom. The van der Waals surface area contributed by atoms with Crippen LogP contribution in [0.2, 0.25) is 0 Å². The summed E-state index contributed by atoms with van der Waals surface area (Å²) in [6.07, 6.45) is -3.79. The Hall–Kier alpha value is -2.55. The molecule has 1 unspecified atom stereocenters.